The molecular formula is C15H19NO5. The molecule has 0 unspecified atom stereocenters. The summed E-state index contributed by atoms with van der Waals surface area (Å²) >= 11 is 0. The fraction of sp³-hybridized carbons (Fsp3) is 0.400. The van der Waals surface area contributed by atoms with Crippen LogP contribution in [0.15, 0.2) is 30.3 Å². The van der Waals surface area contributed by atoms with Crippen LogP contribution >= 0.6 is 0 Å². The Morgan fingerprint density at radius 2 is 1.86 bits per heavy atom. The number of aliphatic carboxylic acids is 1. The molecule has 0 saturated heterocycles. The third kappa shape index (κ3) is 5.35. The van der Waals surface area contributed by atoms with Gasteiger partial charge in [0.15, 0.2) is 5.78 Å². The van der Waals surface area contributed by atoms with Gasteiger partial charge in [-0.15, -0.1) is 0 Å². The number of carboxylic acids is 1. The first-order valence-electron chi connectivity index (χ1n) is 6.69. The van der Waals surface area contributed by atoms with Gasteiger partial charge in [0.1, 0.15) is 12.1 Å². The van der Waals surface area contributed by atoms with Gasteiger partial charge in [0.25, 0.3) is 0 Å². The van der Waals surface area contributed by atoms with E-state index in [1.807, 2.05) is 0 Å². The van der Waals surface area contributed by atoms with E-state index >= 15 is 0 Å². The largest absolute Gasteiger partial charge is 0.480 e. The van der Waals surface area contributed by atoms with Crippen LogP contribution in [0.2, 0.25) is 0 Å². The van der Waals surface area contributed by atoms with Crippen LogP contribution in [-0.4, -0.2) is 41.5 Å². The van der Waals surface area contributed by atoms with Crippen molar-refractivity contribution in [1.82, 2.24) is 5.32 Å². The number of hydrogen-bond acceptors (Lipinski definition) is 5. The Labute approximate surface area is 123 Å². The monoisotopic (exact) mass is 293 g/mol. The molecule has 1 aromatic carbocycles. The molecule has 6 heteroatoms. The molecular weight excluding hydrogens is 274 g/mol. The van der Waals surface area contributed by atoms with Crippen molar-refractivity contribution in [2.75, 3.05) is 6.61 Å². The SMILES string of the molecule is CCOC(=O)[C@@H](CC(=O)c1ccccc1)N[C@@H](C)C(=O)O. The van der Waals surface area contributed by atoms with E-state index < -0.39 is 24.0 Å². The van der Waals surface area contributed by atoms with Crippen molar-refractivity contribution in [3.05, 3.63) is 35.9 Å². The van der Waals surface area contributed by atoms with E-state index in [0.29, 0.717) is 5.56 Å². The van der Waals surface area contributed by atoms with Crippen LogP contribution in [0.5, 0.6) is 0 Å². The van der Waals surface area contributed by atoms with Crippen LogP contribution in [0.4, 0.5) is 0 Å². The summed E-state index contributed by atoms with van der Waals surface area (Å²) in [5, 5.41) is 11.5. The highest BCUT2D eigenvalue weighted by molar-refractivity contribution is 5.99. The van der Waals surface area contributed by atoms with Gasteiger partial charge in [-0.05, 0) is 13.8 Å². The van der Waals surface area contributed by atoms with E-state index in [1.54, 1.807) is 37.3 Å². The minimum atomic E-state index is -1.10. The van der Waals surface area contributed by atoms with Gasteiger partial charge in [-0.2, -0.15) is 0 Å². The zero-order chi connectivity index (χ0) is 15.8. The normalized spacial score (nSPS) is 13.2. The van der Waals surface area contributed by atoms with Crippen molar-refractivity contribution in [2.24, 2.45) is 0 Å². The second-order valence-electron chi connectivity index (χ2n) is 4.52. The Bertz CT molecular complexity index is 500. The lowest BCUT2D eigenvalue weighted by Crippen LogP contribution is -2.47. The van der Waals surface area contributed by atoms with Crippen molar-refractivity contribution < 1.29 is 24.2 Å². The lowest BCUT2D eigenvalue weighted by atomic mass is 10.0. The van der Waals surface area contributed by atoms with Crippen LogP contribution in [0, 0.1) is 0 Å². The molecule has 0 amide bonds. The fourth-order valence-corrected chi connectivity index (χ4v) is 1.75. The van der Waals surface area contributed by atoms with Gasteiger partial charge in [0, 0.05) is 12.0 Å². The molecule has 0 saturated carbocycles. The van der Waals surface area contributed by atoms with Crippen LogP contribution < -0.4 is 5.32 Å². The van der Waals surface area contributed by atoms with E-state index in [0.717, 1.165) is 0 Å². The topological polar surface area (TPSA) is 92.7 Å². The predicted molar refractivity (Wildman–Crippen MR) is 76.0 cm³/mol. The average Bonchev–Trinajstić information content (AvgIpc) is 2.47. The molecule has 114 valence electrons. The standard InChI is InChI=1S/C15H19NO5/c1-3-21-15(20)12(16-10(2)14(18)19)9-13(17)11-7-5-4-6-8-11/h4-8,10,12,16H,3,9H2,1-2H3,(H,18,19)/t10-,12+/m0/s1. The number of carboxylic acid groups (broad SMARTS) is 1. The number of Topliss-reactive ketones (excluding diaryl/α,β-unsaturated/α-hetero) is 1. The number of rotatable bonds is 8. The van der Waals surface area contributed by atoms with E-state index in [1.165, 1.54) is 6.92 Å². The predicted octanol–water partition coefficient (Wildman–Crippen LogP) is 1.25. The Morgan fingerprint density at radius 3 is 2.38 bits per heavy atom. The summed E-state index contributed by atoms with van der Waals surface area (Å²) < 4.78 is 4.87. The molecule has 0 radical (unpaired) electrons. The van der Waals surface area contributed by atoms with Gasteiger partial charge < -0.3 is 9.84 Å². The lowest BCUT2D eigenvalue weighted by Gasteiger charge is -2.19. The summed E-state index contributed by atoms with van der Waals surface area (Å²) in [6.45, 7) is 3.22. The maximum Gasteiger partial charge on any atom is 0.323 e. The number of carbonyl (C=O) groups excluding carboxylic acids is 2. The van der Waals surface area contributed by atoms with E-state index in [-0.39, 0.29) is 18.8 Å². The smallest absolute Gasteiger partial charge is 0.323 e. The van der Waals surface area contributed by atoms with Crippen molar-refractivity contribution in [2.45, 2.75) is 32.4 Å². The summed E-state index contributed by atoms with van der Waals surface area (Å²) in [5.41, 5.74) is 0.469. The van der Waals surface area contributed by atoms with Crippen LogP contribution in [0.3, 0.4) is 0 Å². The molecule has 21 heavy (non-hydrogen) atoms. The number of hydrogen-bond donors (Lipinski definition) is 2. The van der Waals surface area contributed by atoms with Crippen LogP contribution in [0.1, 0.15) is 30.6 Å². The van der Waals surface area contributed by atoms with Crippen molar-refractivity contribution in [1.29, 1.82) is 0 Å². The maximum atomic E-state index is 12.1. The highest BCUT2D eigenvalue weighted by atomic mass is 16.5. The number of ether oxygens (including phenoxy) is 1. The quantitative estimate of drug-likeness (QED) is 0.553. The summed E-state index contributed by atoms with van der Waals surface area (Å²) in [6.07, 6.45) is -0.152. The van der Waals surface area contributed by atoms with E-state index in [9.17, 15) is 14.4 Å². The molecule has 0 fully saturated rings. The molecule has 2 atom stereocenters. The number of carbonyl (C=O) groups is 3. The van der Waals surface area contributed by atoms with Crippen molar-refractivity contribution >= 4 is 17.7 Å². The van der Waals surface area contributed by atoms with Crippen LogP contribution in [-0.2, 0) is 14.3 Å². The molecule has 0 aromatic heterocycles. The average molecular weight is 293 g/mol. The Kier molecular flexibility index (Phi) is 6.55. The number of benzene rings is 1. The Morgan fingerprint density at radius 1 is 1.24 bits per heavy atom. The number of esters is 1. The van der Waals surface area contributed by atoms with E-state index in [4.69, 9.17) is 9.84 Å². The molecule has 2 N–H and O–H groups in total. The third-order valence-corrected chi connectivity index (χ3v) is 2.88. The Balaban J connectivity index is 2.79. The molecule has 0 aliphatic heterocycles. The van der Waals surface area contributed by atoms with Gasteiger partial charge in [0.2, 0.25) is 0 Å². The highest BCUT2D eigenvalue weighted by Crippen LogP contribution is 2.07. The summed E-state index contributed by atoms with van der Waals surface area (Å²) in [6, 6.07) is 6.58. The second kappa shape index (κ2) is 8.16. The first-order chi connectivity index (χ1) is 9.95. The molecule has 0 heterocycles. The lowest BCUT2D eigenvalue weighted by molar-refractivity contribution is -0.146. The molecule has 0 aliphatic carbocycles. The van der Waals surface area contributed by atoms with Crippen molar-refractivity contribution in [3.8, 4) is 0 Å². The van der Waals surface area contributed by atoms with E-state index in [2.05, 4.69) is 5.32 Å². The molecule has 1 rings (SSSR count). The summed E-state index contributed by atoms with van der Waals surface area (Å²) in [4.78, 5) is 34.8. The van der Waals surface area contributed by atoms with Gasteiger partial charge in [0.05, 0.1) is 6.61 Å². The van der Waals surface area contributed by atoms with Crippen LogP contribution in [0.25, 0.3) is 0 Å². The van der Waals surface area contributed by atoms with Crippen molar-refractivity contribution in [3.63, 3.8) is 0 Å². The first kappa shape index (κ1) is 16.8. The van der Waals surface area contributed by atoms with Gasteiger partial charge in [-0.1, -0.05) is 30.3 Å². The molecule has 0 spiro atoms. The highest BCUT2D eigenvalue weighted by Gasteiger charge is 2.27. The Hall–Kier alpha value is -2.21. The zero-order valence-corrected chi connectivity index (χ0v) is 12.0. The van der Waals surface area contributed by atoms with Gasteiger partial charge in [-0.3, -0.25) is 19.7 Å². The zero-order valence-electron chi connectivity index (χ0n) is 12.0. The maximum absolute atomic E-state index is 12.1. The summed E-state index contributed by atoms with van der Waals surface area (Å²) in [5.74, 6) is -1.98. The fourth-order valence-electron chi connectivity index (χ4n) is 1.75. The first-order valence-corrected chi connectivity index (χ1v) is 6.69. The molecule has 6 nitrogen and oxygen atoms in total. The second-order valence-corrected chi connectivity index (χ2v) is 4.52. The molecule has 0 aliphatic rings. The third-order valence-electron chi connectivity index (χ3n) is 2.88. The molecule has 1 aromatic rings. The number of nitrogens with one attached hydrogen (secondary N) is 1. The van der Waals surface area contributed by atoms with Gasteiger partial charge in [-0.25, -0.2) is 0 Å². The number of ketones is 1. The minimum Gasteiger partial charge on any atom is -0.480 e. The minimum absolute atomic E-state index is 0.152. The van der Waals surface area contributed by atoms with Gasteiger partial charge >= 0.3 is 11.9 Å². The molecule has 0 bridgehead atoms. The summed E-state index contributed by atoms with van der Waals surface area (Å²) in [7, 11) is 0.